The van der Waals surface area contributed by atoms with Gasteiger partial charge in [-0.15, -0.1) is 0 Å². The van der Waals surface area contributed by atoms with Gasteiger partial charge in [0.15, 0.2) is 0 Å². The smallest absolute Gasteiger partial charge is 0.253 e. The molecule has 2 amide bonds. The van der Waals surface area contributed by atoms with Crippen LogP contribution >= 0.6 is 0 Å². The zero-order valence-corrected chi connectivity index (χ0v) is 19.0. The van der Waals surface area contributed by atoms with Crippen LogP contribution in [0.1, 0.15) is 82.6 Å². The first-order valence-corrected chi connectivity index (χ1v) is 11.3. The molecule has 0 unspecified atom stereocenters. The summed E-state index contributed by atoms with van der Waals surface area (Å²) in [5, 5.41) is 0. The Balaban J connectivity index is 2.48. The van der Waals surface area contributed by atoms with Crippen LogP contribution in [0, 0.1) is 0 Å². The second-order valence-electron chi connectivity index (χ2n) is 8.32. The van der Waals surface area contributed by atoms with Crippen LogP contribution in [-0.2, 0) is 11.3 Å². The molecule has 0 saturated carbocycles. The van der Waals surface area contributed by atoms with E-state index in [-0.39, 0.29) is 11.8 Å². The topological polar surface area (TPSA) is 43.9 Å². The number of amides is 2. The fourth-order valence-electron chi connectivity index (χ4n) is 4.10. The quantitative estimate of drug-likeness (QED) is 0.735. The molecule has 1 heterocycles. The molecule has 5 nitrogen and oxygen atoms in total. The maximum atomic E-state index is 12.9. The molecule has 0 saturated heterocycles. The zero-order chi connectivity index (χ0) is 21.4. The van der Waals surface area contributed by atoms with Crippen molar-refractivity contribution in [2.24, 2.45) is 0 Å². The fraction of sp³-hybridized carbons (Fsp3) is 0.667. The van der Waals surface area contributed by atoms with Crippen LogP contribution in [0.2, 0.25) is 0 Å². The van der Waals surface area contributed by atoms with E-state index in [1.807, 2.05) is 41.8 Å². The average molecular weight is 402 g/mol. The largest absolute Gasteiger partial charge is 0.339 e. The van der Waals surface area contributed by atoms with Gasteiger partial charge in [-0.25, -0.2) is 0 Å². The van der Waals surface area contributed by atoms with E-state index in [9.17, 15) is 9.59 Å². The van der Waals surface area contributed by atoms with Gasteiger partial charge in [-0.05, 0) is 70.8 Å². The van der Waals surface area contributed by atoms with Crippen molar-refractivity contribution in [1.82, 2.24) is 9.80 Å². The molecule has 0 atom stereocenters. The van der Waals surface area contributed by atoms with E-state index in [0.29, 0.717) is 24.7 Å². The summed E-state index contributed by atoms with van der Waals surface area (Å²) in [6.45, 7) is 14.0. The van der Waals surface area contributed by atoms with Crippen LogP contribution in [0.25, 0.3) is 0 Å². The lowest BCUT2D eigenvalue weighted by Crippen LogP contribution is -2.35. The van der Waals surface area contributed by atoms with Crippen molar-refractivity contribution >= 4 is 17.5 Å². The summed E-state index contributed by atoms with van der Waals surface area (Å²) in [7, 11) is 0. The highest BCUT2D eigenvalue weighted by molar-refractivity contribution is 5.97. The minimum Gasteiger partial charge on any atom is -0.339 e. The molecule has 0 fully saturated rings. The second-order valence-corrected chi connectivity index (χ2v) is 8.32. The molecule has 5 heteroatoms. The predicted octanol–water partition coefficient (Wildman–Crippen LogP) is 4.70. The van der Waals surface area contributed by atoms with E-state index in [1.54, 1.807) is 6.92 Å². The van der Waals surface area contributed by atoms with Crippen molar-refractivity contribution < 1.29 is 9.59 Å². The van der Waals surface area contributed by atoms with Gasteiger partial charge in [0.2, 0.25) is 5.91 Å². The highest BCUT2D eigenvalue weighted by Crippen LogP contribution is 2.27. The van der Waals surface area contributed by atoms with Gasteiger partial charge in [0, 0.05) is 50.4 Å². The van der Waals surface area contributed by atoms with Crippen molar-refractivity contribution in [3.63, 3.8) is 0 Å². The predicted molar refractivity (Wildman–Crippen MR) is 120 cm³/mol. The van der Waals surface area contributed by atoms with Gasteiger partial charge < -0.3 is 9.80 Å². The van der Waals surface area contributed by atoms with Gasteiger partial charge in [0.05, 0.1) is 0 Å². The van der Waals surface area contributed by atoms with E-state index in [2.05, 4.69) is 18.7 Å². The third-order valence-corrected chi connectivity index (χ3v) is 5.98. The number of hydrogen-bond acceptors (Lipinski definition) is 3. The van der Waals surface area contributed by atoms with Gasteiger partial charge in [-0.2, -0.15) is 0 Å². The number of rotatable bonds is 4. The van der Waals surface area contributed by atoms with Gasteiger partial charge in [0.25, 0.3) is 5.91 Å². The summed E-state index contributed by atoms with van der Waals surface area (Å²) in [6, 6.07) is 6.31. The number of anilines is 1. The molecule has 0 bridgehead atoms. The zero-order valence-electron chi connectivity index (χ0n) is 19.0. The number of hydrogen-bond donors (Lipinski definition) is 0. The van der Waals surface area contributed by atoms with Gasteiger partial charge in [-0.1, -0.05) is 19.3 Å². The number of nitrogens with zero attached hydrogens (tertiary/aromatic N) is 3. The Morgan fingerprint density at radius 3 is 2.21 bits per heavy atom. The lowest BCUT2D eigenvalue weighted by molar-refractivity contribution is -0.116. The Bertz CT molecular complexity index is 683. The lowest BCUT2D eigenvalue weighted by Gasteiger charge is -2.31. The van der Waals surface area contributed by atoms with Gasteiger partial charge >= 0.3 is 0 Å². The summed E-state index contributed by atoms with van der Waals surface area (Å²) in [5.41, 5.74) is 2.75. The highest BCUT2D eigenvalue weighted by Gasteiger charge is 2.22. The van der Waals surface area contributed by atoms with E-state index >= 15 is 0 Å². The van der Waals surface area contributed by atoms with Crippen LogP contribution < -0.4 is 4.90 Å². The van der Waals surface area contributed by atoms with E-state index in [1.165, 1.54) is 19.3 Å². The number of carbonyl (C=O) groups is 2. The first-order chi connectivity index (χ1) is 13.9. The van der Waals surface area contributed by atoms with Crippen LogP contribution in [-0.4, -0.2) is 53.8 Å². The molecule has 1 aliphatic rings. The second kappa shape index (κ2) is 11.3. The van der Waals surface area contributed by atoms with Crippen LogP contribution in [0.5, 0.6) is 0 Å². The molecule has 0 radical (unpaired) electrons. The lowest BCUT2D eigenvalue weighted by atomic mass is 10.0. The molecule has 1 aromatic rings. The van der Waals surface area contributed by atoms with Crippen molar-refractivity contribution in [3.05, 3.63) is 29.3 Å². The Kier molecular flexibility index (Phi) is 9.15. The van der Waals surface area contributed by atoms with E-state index in [4.69, 9.17) is 0 Å². The number of benzene rings is 1. The third kappa shape index (κ3) is 6.30. The molecule has 162 valence electrons. The molecule has 1 aromatic carbocycles. The molecule has 29 heavy (non-hydrogen) atoms. The summed E-state index contributed by atoms with van der Waals surface area (Å²) >= 11 is 0. The SMILES string of the molecule is CCN(CC)C(=O)c1ccc2c(c1)CN(C(C)C)CCCCCCCN2C(C)=O. The molecule has 0 aliphatic carbocycles. The molecule has 0 aromatic heterocycles. The van der Waals surface area contributed by atoms with E-state index in [0.717, 1.165) is 43.7 Å². The van der Waals surface area contributed by atoms with Gasteiger partial charge in [-0.3, -0.25) is 14.5 Å². The Hall–Kier alpha value is -1.88. The Morgan fingerprint density at radius 1 is 1.00 bits per heavy atom. The molecular formula is C24H39N3O2. The van der Waals surface area contributed by atoms with Crippen LogP contribution in [0.15, 0.2) is 18.2 Å². The standard InChI is InChI=1S/C24H39N3O2/c1-6-25(7-2)24(29)21-13-14-23-22(17-21)18-26(19(3)4)15-11-9-8-10-12-16-27(23)20(5)28/h13-14,17,19H,6-12,15-16,18H2,1-5H3. The number of carbonyl (C=O) groups excluding carboxylic acids is 2. The molecular weight excluding hydrogens is 362 g/mol. The van der Waals surface area contributed by atoms with Crippen molar-refractivity contribution in [1.29, 1.82) is 0 Å². The highest BCUT2D eigenvalue weighted by atomic mass is 16.2. The monoisotopic (exact) mass is 401 g/mol. The summed E-state index contributed by atoms with van der Waals surface area (Å²) in [4.78, 5) is 31.6. The minimum atomic E-state index is 0.0642. The average Bonchev–Trinajstić information content (AvgIpc) is 2.68. The Morgan fingerprint density at radius 2 is 1.62 bits per heavy atom. The first kappa shape index (κ1) is 23.4. The van der Waals surface area contributed by atoms with Crippen molar-refractivity contribution in [3.8, 4) is 0 Å². The normalized spacial score (nSPS) is 16.7. The molecule has 1 aliphatic heterocycles. The van der Waals surface area contributed by atoms with Crippen LogP contribution in [0.3, 0.4) is 0 Å². The molecule has 2 rings (SSSR count). The summed E-state index contributed by atoms with van der Waals surface area (Å²) in [5.74, 6) is 0.136. The van der Waals surface area contributed by atoms with E-state index < -0.39 is 0 Å². The van der Waals surface area contributed by atoms with Gasteiger partial charge in [0.1, 0.15) is 0 Å². The van der Waals surface area contributed by atoms with Crippen molar-refractivity contribution in [2.45, 2.75) is 79.3 Å². The first-order valence-electron chi connectivity index (χ1n) is 11.3. The molecule has 0 spiro atoms. The van der Waals surface area contributed by atoms with Crippen molar-refractivity contribution in [2.75, 3.05) is 31.1 Å². The Labute approximate surface area is 177 Å². The summed E-state index contributed by atoms with van der Waals surface area (Å²) < 4.78 is 0. The molecule has 0 N–H and O–H groups in total. The fourth-order valence-corrected chi connectivity index (χ4v) is 4.10. The number of fused-ring (bicyclic) bond motifs is 1. The minimum absolute atomic E-state index is 0.0642. The summed E-state index contributed by atoms with van der Waals surface area (Å²) in [6.07, 6.45) is 5.83. The maximum Gasteiger partial charge on any atom is 0.253 e. The third-order valence-electron chi connectivity index (χ3n) is 5.98. The maximum absolute atomic E-state index is 12.9. The van der Waals surface area contributed by atoms with Crippen LogP contribution in [0.4, 0.5) is 5.69 Å².